The molecule has 0 unspecified atom stereocenters. The van der Waals surface area contributed by atoms with Crippen LogP contribution in [0, 0.1) is 0 Å². The van der Waals surface area contributed by atoms with Crippen LogP contribution < -0.4 is 10.6 Å². The van der Waals surface area contributed by atoms with Gasteiger partial charge in [-0.15, -0.1) is 5.10 Å². The molecule has 1 saturated heterocycles. The Hall–Kier alpha value is -1.56. The van der Waals surface area contributed by atoms with E-state index in [1.807, 2.05) is 0 Å². The molecule has 1 fully saturated rings. The van der Waals surface area contributed by atoms with E-state index in [0.29, 0.717) is 0 Å². The standard InChI is InChI=1S/C9H13N5O/c15-8(7-3-1-2-4-10-7)13-9-11-5-6-12-14-9/h5-7,10H,1-4H2,(H,11,13,14,15)/t7-/m1/s1. The lowest BCUT2D eigenvalue weighted by Crippen LogP contribution is -2.43. The first kappa shape index (κ1) is 9.97. The maximum absolute atomic E-state index is 11.7. The maximum Gasteiger partial charge on any atom is 0.249 e. The summed E-state index contributed by atoms with van der Waals surface area (Å²) in [5, 5.41) is 13.1. The summed E-state index contributed by atoms with van der Waals surface area (Å²) in [5.41, 5.74) is 0. The lowest BCUT2D eigenvalue weighted by atomic mass is 10.0. The van der Waals surface area contributed by atoms with E-state index >= 15 is 0 Å². The van der Waals surface area contributed by atoms with Gasteiger partial charge in [0.15, 0.2) is 0 Å². The van der Waals surface area contributed by atoms with Crippen LogP contribution in [-0.4, -0.2) is 33.7 Å². The number of nitrogens with one attached hydrogen (secondary N) is 2. The van der Waals surface area contributed by atoms with Gasteiger partial charge in [0.2, 0.25) is 11.9 Å². The zero-order chi connectivity index (χ0) is 10.5. The summed E-state index contributed by atoms with van der Waals surface area (Å²) in [6.45, 7) is 0.895. The quantitative estimate of drug-likeness (QED) is 0.711. The summed E-state index contributed by atoms with van der Waals surface area (Å²) in [6, 6.07) is -0.123. The van der Waals surface area contributed by atoms with Gasteiger partial charge in [-0.3, -0.25) is 10.1 Å². The van der Waals surface area contributed by atoms with Crippen molar-refractivity contribution in [3.8, 4) is 0 Å². The molecule has 0 saturated carbocycles. The van der Waals surface area contributed by atoms with Crippen LogP contribution in [0.1, 0.15) is 19.3 Å². The Morgan fingerprint density at radius 2 is 2.40 bits per heavy atom. The van der Waals surface area contributed by atoms with E-state index in [9.17, 15) is 4.79 Å². The molecule has 1 aromatic heterocycles. The third-order valence-corrected chi connectivity index (χ3v) is 2.34. The van der Waals surface area contributed by atoms with E-state index in [2.05, 4.69) is 25.8 Å². The van der Waals surface area contributed by atoms with Crippen molar-refractivity contribution in [3.05, 3.63) is 12.4 Å². The zero-order valence-electron chi connectivity index (χ0n) is 8.31. The summed E-state index contributed by atoms with van der Waals surface area (Å²) in [7, 11) is 0. The fourth-order valence-electron chi connectivity index (χ4n) is 1.58. The first-order valence-corrected chi connectivity index (χ1v) is 5.04. The first-order valence-electron chi connectivity index (χ1n) is 5.04. The van der Waals surface area contributed by atoms with E-state index < -0.39 is 0 Å². The first-order chi connectivity index (χ1) is 7.36. The molecule has 1 amide bonds. The average Bonchev–Trinajstić information content (AvgIpc) is 2.31. The number of piperidine rings is 1. The Morgan fingerprint density at radius 1 is 1.47 bits per heavy atom. The van der Waals surface area contributed by atoms with Gasteiger partial charge in [0.1, 0.15) is 0 Å². The molecule has 80 valence electrons. The van der Waals surface area contributed by atoms with Crippen LogP contribution in [0.15, 0.2) is 12.4 Å². The van der Waals surface area contributed by atoms with Crippen molar-refractivity contribution in [2.75, 3.05) is 11.9 Å². The predicted molar refractivity (Wildman–Crippen MR) is 54.1 cm³/mol. The molecule has 2 N–H and O–H groups in total. The Kier molecular flexibility index (Phi) is 3.18. The van der Waals surface area contributed by atoms with Crippen molar-refractivity contribution in [1.82, 2.24) is 20.5 Å². The second-order valence-electron chi connectivity index (χ2n) is 3.46. The molecule has 1 aliphatic heterocycles. The van der Waals surface area contributed by atoms with E-state index in [0.717, 1.165) is 25.8 Å². The molecule has 2 heterocycles. The highest BCUT2D eigenvalue weighted by Crippen LogP contribution is 2.08. The van der Waals surface area contributed by atoms with Gasteiger partial charge >= 0.3 is 0 Å². The molecule has 1 aliphatic rings. The second-order valence-corrected chi connectivity index (χ2v) is 3.46. The fourth-order valence-corrected chi connectivity index (χ4v) is 1.58. The van der Waals surface area contributed by atoms with Crippen LogP contribution in [0.25, 0.3) is 0 Å². The number of aromatic nitrogens is 3. The van der Waals surface area contributed by atoms with Gasteiger partial charge in [-0.1, -0.05) is 6.42 Å². The highest BCUT2D eigenvalue weighted by atomic mass is 16.2. The Labute approximate surface area is 87.5 Å². The van der Waals surface area contributed by atoms with Gasteiger partial charge in [0, 0.05) is 0 Å². The van der Waals surface area contributed by atoms with Crippen molar-refractivity contribution in [2.24, 2.45) is 0 Å². The topological polar surface area (TPSA) is 79.8 Å². The monoisotopic (exact) mass is 207 g/mol. The fraction of sp³-hybridized carbons (Fsp3) is 0.556. The van der Waals surface area contributed by atoms with Crippen molar-refractivity contribution < 1.29 is 4.79 Å². The van der Waals surface area contributed by atoms with Gasteiger partial charge in [0.25, 0.3) is 0 Å². The lowest BCUT2D eigenvalue weighted by Gasteiger charge is -2.21. The van der Waals surface area contributed by atoms with Gasteiger partial charge in [-0.2, -0.15) is 5.10 Å². The van der Waals surface area contributed by atoms with E-state index in [-0.39, 0.29) is 17.9 Å². The summed E-state index contributed by atoms with van der Waals surface area (Å²) in [4.78, 5) is 15.6. The molecule has 1 atom stereocenters. The summed E-state index contributed by atoms with van der Waals surface area (Å²) in [6.07, 6.45) is 6.05. The van der Waals surface area contributed by atoms with Crippen molar-refractivity contribution in [1.29, 1.82) is 0 Å². The van der Waals surface area contributed by atoms with Crippen LogP contribution in [0.3, 0.4) is 0 Å². The molecule has 0 bridgehead atoms. The van der Waals surface area contributed by atoms with E-state index in [1.165, 1.54) is 12.4 Å². The third-order valence-electron chi connectivity index (χ3n) is 2.34. The average molecular weight is 207 g/mol. The van der Waals surface area contributed by atoms with Gasteiger partial charge in [0.05, 0.1) is 18.4 Å². The number of nitrogens with zero attached hydrogens (tertiary/aromatic N) is 3. The van der Waals surface area contributed by atoms with Crippen LogP contribution in [-0.2, 0) is 4.79 Å². The molecule has 0 aliphatic carbocycles. The van der Waals surface area contributed by atoms with Crippen LogP contribution >= 0.6 is 0 Å². The Morgan fingerprint density at radius 3 is 3.07 bits per heavy atom. The molecule has 0 aromatic carbocycles. The molecule has 2 rings (SSSR count). The molecule has 15 heavy (non-hydrogen) atoms. The van der Waals surface area contributed by atoms with Crippen LogP contribution in [0.5, 0.6) is 0 Å². The number of hydrogen-bond acceptors (Lipinski definition) is 5. The lowest BCUT2D eigenvalue weighted by molar-refractivity contribution is -0.118. The van der Waals surface area contributed by atoms with Crippen LogP contribution in [0.4, 0.5) is 5.95 Å². The number of rotatable bonds is 2. The summed E-state index contributed by atoms with van der Waals surface area (Å²) >= 11 is 0. The summed E-state index contributed by atoms with van der Waals surface area (Å²) < 4.78 is 0. The molecule has 6 heteroatoms. The zero-order valence-corrected chi connectivity index (χ0v) is 8.31. The molecule has 1 aromatic rings. The SMILES string of the molecule is O=C(Nc1nccnn1)[C@H]1CCCCN1. The largest absolute Gasteiger partial charge is 0.306 e. The van der Waals surface area contributed by atoms with Crippen molar-refractivity contribution in [3.63, 3.8) is 0 Å². The van der Waals surface area contributed by atoms with E-state index in [4.69, 9.17) is 0 Å². The summed E-state index contributed by atoms with van der Waals surface area (Å²) in [5.74, 6) is 0.178. The number of anilines is 1. The number of hydrogen-bond donors (Lipinski definition) is 2. The maximum atomic E-state index is 11.7. The molecular formula is C9H13N5O. The van der Waals surface area contributed by atoms with Gasteiger partial charge in [-0.25, -0.2) is 4.98 Å². The minimum atomic E-state index is -0.123. The number of carbonyl (C=O) groups is 1. The molecule has 0 radical (unpaired) electrons. The van der Waals surface area contributed by atoms with Crippen molar-refractivity contribution >= 4 is 11.9 Å². The predicted octanol–water partition coefficient (Wildman–Crippen LogP) is -0.0478. The van der Waals surface area contributed by atoms with Gasteiger partial charge < -0.3 is 5.32 Å². The highest BCUT2D eigenvalue weighted by molar-refractivity contribution is 5.93. The van der Waals surface area contributed by atoms with Crippen molar-refractivity contribution in [2.45, 2.75) is 25.3 Å². The number of amides is 1. The van der Waals surface area contributed by atoms with Crippen LogP contribution in [0.2, 0.25) is 0 Å². The molecular weight excluding hydrogens is 194 g/mol. The third kappa shape index (κ3) is 2.69. The number of carbonyl (C=O) groups excluding carboxylic acids is 1. The molecule has 6 nitrogen and oxygen atoms in total. The second kappa shape index (κ2) is 4.79. The highest BCUT2D eigenvalue weighted by Gasteiger charge is 2.20. The minimum Gasteiger partial charge on any atom is -0.306 e. The Balaban J connectivity index is 1.91. The van der Waals surface area contributed by atoms with E-state index in [1.54, 1.807) is 0 Å². The minimum absolute atomic E-state index is 0.0808. The molecule has 0 spiro atoms. The smallest absolute Gasteiger partial charge is 0.249 e. The van der Waals surface area contributed by atoms with Gasteiger partial charge in [-0.05, 0) is 19.4 Å². The normalized spacial score (nSPS) is 20.9. The Bertz CT molecular complexity index is 323.